The Morgan fingerprint density at radius 3 is 2.67 bits per heavy atom. The van der Waals surface area contributed by atoms with Gasteiger partial charge in [0.05, 0.1) is 5.54 Å². The molecule has 0 spiro atoms. The molecule has 0 saturated carbocycles. The maximum Gasteiger partial charge on any atom is 0.237 e. The Hall–Kier alpha value is -0.650. The summed E-state index contributed by atoms with van der Waals surface area (Å²) in [4.78, 5) is 16.0. The van der Waals surface area contributed by atoms with E-state index in [0.29, 0.717) is 18.5 Å². The summed E-state index contributed by atoms with van der Waals surface area (Å²) in [6.45, 7) is 6.02. The van der Waals surface area contributed by atoms with Crippen molar-refractivity contribution in [1.82, 2.24) is 9.80 Å². The number of primary amides is 1. The molecule has 0 aromatic heterocycles. The molecular formula is C13H28N4O. The SMILES string of the molecule is CC(CC(C)(N)C(N)=O)N1CCCC1CN(C)C. The molecule has 0 aliphatic carbocycles. The van der Waals surface area contributed by atoms with Gasteiger partial charge in [0.1, 0.15) is 0 Å². The number of likely N-dealkylation sites (tertiary alicyclic amines) is 1. The van der Waals surface area contributed by atoms with E-state index in [1.807, 2.05) is 0 Å². The van der Waals surface area contributed by atoms with E-state index >= 15 is 0 Å². The van der Waals surface area contributed by atoms with Crippen LogP contribution in [-0.4, -0.2) is 60.5 Å². The molecule has 1 amide bonds. The van der Waals surface area contributed by atoms with Crippen molar-refractivity contribution in [3.05, 3.63) is 0 Å². The van der Waals surface area contributed by atoms with E-state index in [4.69, 9.17) is 11.5 Å². The predicted octanol–water partition coefficient (Wildman–Crippen LogP) is -0.00630. The van der Waals surface area contributed by atoms with Crippen LogP contribution in [0.3, 0.4) is 0 Å². The van der Waals surface area contributed by atoms with Gasteiger partial charge in [-0.15, -0.1) is 0 Å². The quantitative estimate of drug-likeness (QED) is 0.701. The van der Waals surface area contributed by atoms with Gasteiger partial charge in [0, 0.05) is 18.6 Å². The lowest BCUT2D eigenvalue weighted by atomic mass is 9.93. The lowest BCUT2D eigenvalue weighted by Crippen LogP contribution is -2.54. The predicted molar refractivity (Wildman–Crippen MR) is 74.1 cm³/mol. The first-order chi connectivity index (χ1) is 8.24. The van der Waals surface area contributed by atoms with Crippen molar-refractivity contribution in [3.63, 3.8) is 0 Å². The molecule has 5 heteroatoms. The Kier molecular flexibility index (Phi) is 5.13. The zero-order chi connectivity index (χ0) is 13.9. The highest BCUT2D eigenvalue weighted by atomic mass is 16.1. The first-order valence-electron chi connectivity index (χ1n) is 6.73. The Morgan fingerprint density at radius 2 is 2.17 bits per heavy atom. The highest BCUT2D eigenvalue weighted by molar-refractivity contribution is 5.83. The normalized spacial score (nSPS) is 26.2. The van der Waals surface area contributed by atoms with Crippen LogP contribution in [-0.2, 0) is 4.79 Å². The Balaban J connectivity index is 2.60. The van der Waals surface area contributed by atoms with E-state index in [0.717, 1.165) is 13.1 Å². The molecule has 0 aromatic rings. The fraction of sp³-hybridized carbons (Fsp3) is 0.923. The van der Waals surface area contributed by atoms with Crippen molar-refractivity contribution in [2.24, 2.45) is 11.5 Å². The number of nitrogens with zero attached hydrogens (tertiary/aromatic N) is 2. The lowest BCUT2D eigenvalue weighted by molar-refractivity contribution is -0.123. The second-order valence-corrected chi connectivity index (χ2v) is 6.13. The zero-order valence-corrected chi connectivity index (χ0v) is 12.1. The summed E-state index contributed by atoms with van der Waals surface area (Å²) in [7, 11) is 4.19. The Bertz CT molecular complexity index is 291. The van der Waals surface area contributed by atoms with E-state index < -0.39 is 11.4 Å². The molecule has 0 aromatic carbocycles. The lowest BCUT2D eigenvalue weighted by Gasteiger charge is -2.35. The molecule has 0 bridgehead atoms. The molecule has 18 heavy (non-hydrogen) atoms. The maximum absolute atomic E-state index is 11.3. The van der Waals surface area contributed by atoms with E-state index in [2.05, 4.69) is 30.8 Å². The van der Waals surface area contributed by atoms with Gasteiger partial charge in [-0.1, -0.05) is 0 Å². The minimum atomic E-state index is -0.912. The van der Waals surface area contributed by atoms with Crippen LogP contribution in [0.25, 0.3) is 0 Å². The third kappa shape index (κ3) is 3.93. The summed E-state index contributed by atoms with van der Waals surface area (Å²) in [5.41, 5.74) is 10.4. The number of rotatable bonds is 6. The molecule has 3 unspecified atom stereocenters. The van der Waals surface area contributed by atoms with Crippen molar-refractivity contribution >= 4 is 5.91 Å². The average Bonchev–Trinajstić information content (AvgIpc) is 2.63. The minimum absolute atomic E-state index is 0.292. The summed E-state index contributed by atoms with van der Waals surface area (Å²) in [5.74, 6) is -0.419. The van der Waals surface area contributed by atoms with Crippen LogP contribution in [0.1, 0.15) is 33.1 Å². The summed E-state index contributed by atoms with van der Waals surface area (Å²) < 4.78 is 0. The molecule has 1 fully saturated rings. The van der Waals surface area contributed by atoms with Gasteiger partial charge >= 0.3 is 0 Å². The van der Waals surface area contributed by atoms with Gasteiger partial charge < -0.3 is 16.4 Å². The van der Waals surface area contributed by atoms with Gasteiger partial charge in [-0.05, 0) is 53.8 Å². The molecule has 1 aliphatic heterocycles. The molecular weight excluding hydrogens is 228 g/mol. The van der Waals surface area contributed by atoms with E-state index in [-0.39, 0.29) is 0 Å². The number of nitrogens with two attached hydrogens (primary N) is 2. The molecule has 1 saturated heterocycles. The first kappa shape index (κ1) is 15.4. The monoisotopic (exact) mass is 256 g/mol. The van der Waals surface area contributed by atoms with Crippen molar-refractivity contribution in [1.29, 1.82) is 0 Å². The fourth-order valence-electron chi connectivity index (χ4n) is 2.89. The topological polar surface area (TPSA) is 75.6 Å². The zero-order valence-electron chi connectivity index (χ0n) is 12.1. The Morgan fingerprint density at radius 1 is 1.56 bits per heavy atom. The van der Waals surface area contributed by atoms with Gasteiger partial charge in [-0.25, -0.2) is 0 Å². The molecule has 4 N–H and O–H groups in total. The highest BCUT2D eigenvalue weighted by Crippen LogP contribution is 2.24. The van der Waals surface area contributed by atoms with Crippen LogP contribution in [0.5, 0.6) is 0 Å². The van der Waals surface area contributed by atoms with Gasteiger partial charge in [0.2, 0.25) is 5.91 Å². The van der Waals surface area contributed by atoms with Crippen LogP contribution < -0.4 is 11.5 Å². The third-order valence-electron chi connectivity index (χ3n) is 3.85. The van der Waals surface area contributed by atoms with E-state index in [1.54, 1.807) is 6.92 Å². The number of carbonyl (C=O) groups is 1. The molecule has 1 heterocycles. The minimum Gasteiger partial charge on any atom is -0.368 e. The smallest absolute Gasteiger partial charge is 0.237 e. The second-order valence-electron chi connectivity index (χ2n) is 6.13. The summed E-state index contributed by atoms with van der Waals surface area (Å²) in [6.07, 6.45) is 3.06. The number of hydrogen-bond acceptors (Lipinski definition) is 4. The van der Waals surface area contributed by atoms with Crippen LogP contribution in [0.2, 0.25) is 0 Å². The molecule has 1 rings (SSSR count). The molecule has 106 valence electrons. The largest absolute Gasteiger partial charge is 0.368 e. The molecule has 1 aliphatic rings. The number of amides is 1. The molecule has 0 radical (unpaired) electrons. The van der Waals surface area contributed by atoms with Crippen LogP contribution >= 0.6 is 0 Å². The number of likely N-dealkylation sites (N-methyl/N-ethyl adjacent to an activating group) is 1. The van der Waals surface area contributed by atoms with Crippen molar-refractivity contribution in [3.8, 4) is 0 Å². The second kappa shape index (κ2) is 5.99. The van der Waals surface area contributed by atoms with Crippen molar-refractivity contribution < 1.29 is 4.79 Å². The van der Waals surface area contributed by atoms with E-state index in [9.17, 15) is 4.79 Å². The Labute approximate surface area is 110 Å². The maximum atomic E-state index is 11.3. The van der Waals surface area contributed by atoms with Gasteiger partial charge in [0.25, 0.3) is 0 Å². The van der Waals surface area contributed by atoms with Crippen LogP contribution in [0, 0.1) is 0 Å². The average molecular weight is 256 g/mol. The van der Waals surface area contributed by atoms with E-state index in [1.165, 1.54) is 12.8 Å². The number of hydrogen-bond donors (Lipinski definition) is 2. The van der Waals surface area contributed by atoms with Crippen molar-refractivity contribution in [2.45, 2.75) is 50.7 Å². The van der Waals surface area contributed by atoms with Gasteiger partial charge in [0.15, 0.2) is 0 Å². The highest BCUT2D eigenvalue weighted by Gasteiger charge is 2.34. The fourth-order valence-corrected chi connectivity index (χ4v) is 2.89. The molecule has 3 atom stereocenters. The van der Waals surface area contributed by atoms with Crippen molar-refractivity contribution in [2.75, 3.05) is 27.2 Å². The van der Waals surface area contributed by atoms with Crippen LogP contribution in [0.15, 0.2) is 0 Å². The molecule has 5 nitrogen and oxygen atoms in total. The first-order valence-corrected chi connectivity index (χ1v) is 6.73. The standard InChI is InChI=1S/C13H28N4O/c1-10(8-13(2,15)12(14)18)17-7-5-6-11(17)9-16(3)4/h10-11H,5-9,15H2,1-4H3,(H2,14,18). The summed E-state index contributed by atoms with van der Waals surface area (Å²) in [6, 6.07) is 0.860. The number of carbonyl (C=O) groups excluding carboxylic acids is 1. The summed E-state index contributed by atoms with van der Waals surface area (Å²) >= 11 is 0. The van der Waals surface area contributed by atoms with Gasteiger partial charge in [-0.3, -0.25) is 9.69 Å². The third-order valence-corrected chi connectivity index (χ3v) is 3.85. The summed E-state index contributed by atoms with van der Waals surface area (Å²) in [5, 5.41) is 0. The van der Waals surface area contributed by atoms with Crippen LogP contribution in [0.4, 0.5) is 0 Å². The van der Waals surface area contributed by atoms with Gasteiger partial charge in [-0.2, -0.15) is 0 Å².